The van der Waals surface area contributed by atoms with Gasteiger partial charge in [0, 0.05) is 11.8 Å². The number of hydrogen-bond donors (Lipinski definition) is 1. The zero-order chi connectivity index (χ0) is 17.4. The number of aromatic hydroxyl groups is 1. The minimum atomic E-state index is -0.556. The Morgan fingerprint density at radius 1 is 1.12 bits per heavy atom. The van der Waals surface area contributed by atoms with Gasteiger partial charge in [0.2, 0.25) is 0 Å². The number of benzene rings is 2. The van der Waals surface area contributed by atoms with Crippen LogP contribution in [-0.2, 0) is 17.0 Å². The standard InChI is InChI=1S/C19H21NO.2ClH.Ti/c1-14-11-16(13-20-17-9-3-2-4-10-17)19(21)18(12-14)15-7-5-6-8-15;;;/h2-4,9-13,15,21H,5-8H2,1H3;2*1H;/q;;;+2/p-2. The van der Waals surface area contributed by atoms with Crippen LogP contribution in [0.2, 0.25) is 0 Å². The van der Waals surface area contributed by atoms with Crippen molar-refractivity contribution in [1.82, 2.24) is 0 Å². The molecule has 0 aromatic heterocycles. The molecule has 3 rings (SSSR count). The van der Waals surface area contributed by atoms with Crippen molar-refractivity contribution in [3.63, 3.8) is 0 Å². The van der Waals surface area contributed by atoms with E-state index in [1.807, 2.05) is 36.4 Å². The fourth-order valence-corrected chi connectivity index (χ4v) is 3.14. The van der Waals surface area contributed by atoms with Gasteiger partial charge in [0.25, 0.3) is 0 Å². The van der Waals surface area contributed by atoms with E-state index in [9.17, 15) is 5.11 Å². The molecule has 2 aromatic rings. The molecule has 126 valence electrons. The zero-order valence-electron chi connectivity index (χ0n) is 13.7. The summed E-state index contributed by atoms with van der Waals surface area (Å²) in [5, 5.41) is 10.6. The quantitative estimate of drug-likeness (QED) is 0.466. The summed E-state index contributed by atoms with van der Waals surface area (Å²) in [7, 11) is 9.78. The maximum atomic E-state index is 10.6. The van der Waals surface area contributed by atoms with Gasteiger partial charge in [-0.2, -0.15) is 0 Å². The Labute approximate surface area is 160 Å². The number of aliphatic imine (C=N–C) groups is 1. The summed E-state index contributed by atoms with van der Waals surface area (Å²) in [5.41, 5.74) is 4.01. The molecule has 0 bridgehead atoms. The molecule has 2 nitrogen and oxygen atoms in total. The Morgan fingerprint density at radius 2 is 1.75 bits per heavy atom. The van der Waals surface area contributed by atoms with Gasteiger partial charge >= 0.3 is 35.6 Å². The van der Waals surface area contributed by atoms with E-state index in [2.05, 4.69) is 18.0 Å². The first-order valence-electron chi connectivity index (χ1n) is 8.04. The third-order valence-corrected chi connectivity index (χ3v) is 4.22. The number of halogens is 2. The number of hydrogen-bond acceptors (Lipinski definition) is 2. The van der Waals surface area contributed by atoms with E-state index in [4.69, 9.17) is 18.6 Å². The fraction of sp³-hybridized carbons (Fsp3) is 0.316. The van der Waals surface area contributed by atoms with Crippen LogP contribution in [0.5, 0.6) is 5.75 Å². The second-order valence-corrected chi connectivity index (χ2v) is 8.52. The predicted octanol–water partition coefficient (Wildman–Crippen LogP) is 6.49. The number of phenolic OH excluding ortho intramolecular Hbond substituents is 1. The maximum absolute atomic E-state index is 10.6. The van der Waals surface area contributed by atoms with Crippen LogP contribution in [0.25, 0.3) is 0 Å². The molecule has 24 heavy (non-hydrogen) atoms. The van der Waals surface area contributed by atoms with Crippen LogP contribution in [-0.4, -0.2) is 11.3 Å². The molecule has 0 spiro atoms. The van der Waals surface area contributed by atoms with Crippen molar-refractivity contribution in [2.45, 2.75) is 38.5 Å². The van der Waals surface area contributed by atoms with Gasteiger partial charge in [0.1, 0.15) is 5.75 Å². The number of para-hydroxylation sites is 1. The molecular formula is C19H21Cl2NOTi. The molecule has 0 aliphatic heterocycles. The van der Waals surface area contributed by atoms with Crippen molar-refractivity contribution in [3.8, 4) is 5.75 Å². The zero-order valence-corrected chi connectivity index (χ0v) is 16.7. The number of nitrogens with zero attached hydrogens (tertiary/aromatic N) is 1. The van der Waals surface area contributed by atoms with E-state index in [1.54, 1.807) is 6.21 Å². The molecule has 1 N–H and O–H groups in total. The third-order valence-electron chi connectivity index (χ3n) is 4.22. The van der Waals surface area contributed by atoms with E-state index < -0.39 is 17.0 Å². The van der Waals surface area contributed by atoms with Crippen molar-refractivity contribution in [1.29, 1.82) is 0 Å². The number of phenols is 1. The van der Waals surface area contributed by atoms with E-state index in [-0.39, 0.29) is 0 Å². The second-order valence-electron chi connectivity index (χ2n) is 5.94. The van der Waals surface area contributed by atoms with Gasteiger partial charge in [0.05, 0.1) is 5.69 Å². The Bertz CT molecular complexity index is 671. The van der Waals surface area contributed by atoms with Gasteiger partial charge in [-0.1, -0.05) is 37.1 Å². The van der Waals surface area contributed by atoms with Crippen molar-refractivity contribution >= 4 is 30.5 Å². The van der Waals surface area contributed by atoms with Crippen LogP contribution in [0.4, 0.5) is 5.69 Å². The molecule has 0 radical (unpaired) electrons. The van der Waals surface area contributed by atoms with Gasteiger partial charge in [-0.05, 0) is 55.0 Å². The summed E-state index contributed by atoms with van der Waals surface area (Å²) in [5.74, 6) is 0.918. The molecule has 2 aromatic carbocycles. The normalized spacial score (nSPS) is 14.5. The van der Waals surface area contributed by atoms with Crippen molar-refractivity contribution in [2.24, 2.45) is 4.99 Å². The van der Waals surface area contributed by atoms with E-state index in [0.29, 0.717) is 11.7 Å². The Kier molecular flexibility index (Phi) is 8.34. The van der Waals surface area contributed by atoms with Crippen LogP contribution in [0.15, 0.2) is 47.5 Å². The minimum absolute atomic E-state index is 0.409. The molecular weight excluding hydrogens is 377 g/mol. The van der Waals surface area contributed by atoms with Gasteiger partial charge in [-0.15, -0.1) is 0 Å². The summed E-state index contributed by atoms with van der Waals surface area (Å²) in [6.45, 7) is 2.08. The molecule has 1 fully saturated rings. The summed E-state index contributed by atoms with van der Waals surface area (Å²) in [4.78, 5) is 4.46. The van der Waals surface area contributed by atoms with Gasteiger partial charge in [-0.25, -0.2) is 0 Å². The summed E-state index contributed by atoms with van der Waals surface area (Å²) in [6.07, 6.45) is 6.69. The van der Waals surface area contributed by atoms with Crippen LogP contribution < -0.4 is 0 Å². The monoisotopic (exact) mass is 397 g/mol. The van der Waals surface area contributed by atoms with Crippen LogP contribution in [0.3, 0.4) is 0 Å². The van der Waals surface area contributed by atoms with Gasteiger partial charge in [-0.3, -0.25) is 4.99 Å². The average Bonchev–Trinajstić information content (AvgIpc) is 3.11. The Morgan fingerprint density at radius 3 is 2.38 bits per heavy atom. The Balaban J connectivity index is 0.000000647. The van der Waals surface area contributed by atoms with Crippen LogP contribution in [0, 0.1) is 6.92 Å². The fourth-order valence-electron chi connectivity index (χ4n) is 3.14. The summed E-state index contributed by atoms with van der Waals surface area (Å²) < 4.78 is 0. The second kappa shape index (κ2) is 10.3. The van der Waals surface area contributed by atoms with E-state index in [0.717, 1.165) is 16.8 Å². The van der Waals surface area contributed by atoms with E-state index >= 15 is 0 Å². The molecule has 5 heteroatoms. The van der Waals surface area contributed by atoms with Gasteiger partial charge in [0.15, 0.2) is 0 Å². The first-order valence-corrected chi connectivity index (χ1v) is 12.3. The molecule has 0 atom stereocenters. The Hall–Kier alpha value is -0.796. The molecule has 0 amide bonds. The van der Waals surface area contributed by atoms with Crippen molar-refractivity contribution in [3.05, 3.63) is 59.2 Å². The predicted molar refractivity (Wildman–Crippen MR) is 99.5 cm³/mol. The molecule has 0 heterocycles. The molecule has 0 unspecified atom stereocenters. The third kappa shape index (κ3) is 5.63. The van der Waals surface area contributed by atoms with E-state index in [1.165, 1.54) is 31.2 Å². The van der Waals surface area contributed by atoms with Crippen molar-refractivity contribution in [2.75, 3.05) is 0 Å². The van der Waals surface area contributed by atoms with Gasteiger partial charge < -0.3 is 5.11 Å². The molecule has 1 saturated carbocycles. The molecule has 1 aliphatic rings. The number of rotatable bonds is 3. The number of aryl methyl sites for hydroxylation is 1. The van der Waals surface area contributed by atoms with Crippen LogP contribution in [0.1, 0.15) is 48.3 Å². The topological polar surface area (TPSA) is 32.6 Å². The first kappa shape index (κ1) is 19.5. The van der Waals surface area contributed by atoms with Crippen LogP contribution >= 0.6 is 18.6 Å². The van der Waals surface area contributed by atoms with Crippen molar-refractivity contribution < 1.29 is 22.1 Å². The first-order chi connectivity index (χ1) is 11.7. The average molecular weight is 398 g/mol. The summed E-state index contributed by atoms with van der Waals surface area (Å²) >= 11 is -0.556. The SMILES string of the molecule is Cc1cc(C=Nc2ccccc2)c(O)c(C2CCCC2)c1.[Cl][Ti][Cl]. The molecule has 0 saturated heterocycles. The molecule has 1 aliphatic carbocycles. The summed E-state index contributed by atoms with van der Waals surface area (Å²) in [6, 6.07) is 14.0.